The Morgan fingerprint density at radius 2 is 1.75 bits per heavy atom. The number of benzene rings is 3. The molecule has 1 unspecified atom stereocenters. The number of hydrogen-bond donors (Lipinski definition) is 3. The summed E-state index contributed by atoms with van der Waals surface area (Å²) in [5.74, 6) is -1.88. The smallest absolute Gasteiger partial charge is 0.305 e. The van der Waals surface area contributed by atoms with E-state index in [0.29, 0.717) is 5.69 Å². The summed E-state index contributed by atoms with van der Waals surface area (Å²) in [5, 5.41) is 13.7. The van der Waals surface area contributed by atoms with Crippen LogP contribution in [0.3, 0.4) is 0 Å². The molecule has 0 saturated heterocycles. The summed E-state index contributed by atoms with van der Waals surface area (Å²) in [6.45, 7) is 5.09. The second kappa shape index (κ2) is 11.3. The van der Waals surface area contributed by atoms with Crippen LogP contribution in [0.2, 0.25) is 0 Å². The molecule has 0 heterocycles. The number of anilines is 1. The average Bonchev–Trinajstić information content (AvgIpc) is 2.81. The van der Waals surface area contributed by atoms with Gasteiger partial charge >= 0.3 is 5.97 Å². The van der Waals surface area contributed by atoms with Crippen LogP contribution in [0.1, 0.15) is 38.7 Å². The Kier molecular flexibility index (Phi) is 8.44. The van der Waals surface area contributed by atoms with Crippen LogP contribution in [0, 0.1) is 0 Å². The number of amides is 1. The summed E-state index contributed by atoms with van der Waals surface area (Å²) < 4.78 is 34.5. The first-order valence-corrected chi connectivity index (χ1v) is 12.8. The summed E-state index contributed by atoms with van der Waals surface area (Å²) >= 11 is 0. The van der Waals surface area contributed by atoms with Crippen LogP contribution < -0.4 is 14.8 Å². The Labute approximate surface area is 209 Å². The van der Waals surface area contributed by atoms with Gasteiger partial charge in [0, 0.05) is 24.6 Å². The van der Waals surface area contributed by atoms with Crippen LogP contribution >= 0.6 is 0 Å². The highest BCUT2D eigenvalue weighted by Crippen LogP contribution is 2.33. The van der Waals surface area contributed by atoms with Gasteiger partial charge in [0.25, 0.3) is 0 Å². The molecule has 0 aromatic heterocycles. The predicted octanol–water partition coefficient (Wildman–Crippen LogP) is 3.69. The Bertz CT molecular complexity index is 1380. The van der Waals surface area contributed by atoms with Gasteiger partial charge in [0.2, 0.25) is 15.9 Å². The number of aldehydes is 1. The zero-order chi connectivity index (χ0) is 26.5. The lowest BCUT2D eigenvalue weighted by Crippen LogP contribution is -2.38. The lowest BCUT2D eigenvalue weighted by atomic mass is 9.91. The maximum absolute atomic E-state index is 13.1. The fraction of sp³-hybridized carbons (Fsp3) is 0.269. The van der Waals surface area contributed by atoms with Crippen molar-refractivity contribution in [2.45, 2.75) is 50.2 Å². The van der Waals surface area contributed by atoms with Crippen molar-refractivity contribution < 1.29 is 32.6 Å². The van der Waals surface area contributed by atoms with Crippen molar-refractivity contribution in [1.29, 1.82) is 0 Å². The number of hydrogen-bond acceptors (Lipinski definition) is 6. The molecule has 0 radical (unpaired) electrons. The molecule has 0 aliphatic rings. The van der Waals surface area contributed by atoms with E-state index >= 15 is 0 Å². The average molecular weight is 513 g/mol. The molecule has 0 aliphatic carbocycles. The minimum atomic E-state index is -4.35. The maximum atomic E-state index is 13.1. The van der Waals surface area contributed by atoms with Crippen LogP contribution in [0.25, 0.3) is 10.8 Å². The van der Waals surface area contributed by atoms with Gasteiger partial charge in [0.15, 0.2) is 0 Å². The molecule has 36 heavy (non-hydrogen) atoms. The zero-order valence-corrected chi connectivity index (χ0v) is 20.9. The molecular formula is C26H28N2O7S. The van der Waals surface area contributed by atoms with Crippen molar-refractivity contribution in [2.24, 2.45) is 0 Å². The second-order valence-corrected chi connectivity index (χ2v) is 10.2. The standard InChI is InChI=1S/C26H28N2O7S/c1-16(22-10-6-8-19-7-4-5-9-23(19)22)17(2)35-24-13-20(27-18(3)30)11-12-25(24)36(33,34)28-21(15-29)14-26(31)32/h4-13,15-17,21,28H,14H2,1-3H3,(H,27,30)(H,31,32)/t16-,17+,21?/m0/s1. The fourth-order valence-electron chi connectivity index (χ4n) is 3.87. The van der Waals surface area contributed by atoms with E-state index in [1.807, 2.05) is 49.4 Å². The lowest BCUT2D eigenvalue weighted by molar-refractivity contribution is -0.138. The third-order valence-electron chi connectivity index (χ3n) is 5.75. The van der Waals surface area contributed by atoms with Crippen molar-refractivity contribution in [1.82, 2.24) is 4.72 Å². The molecule has 3 N–H and O–H groups in total. The quantitative estimate of drug-likeness (QED) is 0.333. The third-order valence-corrected chi connectivity index (χ3v) is 7.28. The number of carbonyl (C=O) groups excluding carboxylic acids is 2. The minimum absolute atomic E-state index is 0.0479. The number of sulfonamides is 1. The van der Waals surface area contributed by atoms with Gasteiger partial charge in [0.1, 0.15) is 23.0 Å². The van der Waals surface area contributed by atoms with E-state index < -0.39 is 34.6 Å². The van der Waals surface area contributed by atoms with E-state index in [1.54, 1.807) is 6.92 Å². The molecule has 3 rings (SSSR count). The maximum Gasteiger partial charge on any atom is 0.305 e. The van der Waals surface area contributed by atoms with E-state index in [2.05, 4.69) is 10.0 Å². The zero-order valence-electron chi connectivity index (χ0n) is 20.1. The van der Waals surface area contributed by atoms with Crippen LogP contribution in [0.15, 0.2) is 65.6 Å². The Morgan fingerprint density at radius 1 is 1.06 bits per heavy atom. The second-order valence-electron chi connectivity index (χ2n) is 8.48. The molecule has 9 nitrogen and oxygen atoms in total. The molecule has 0 spiro atoms. The van der Waals surface area contributed by atoms with Crippen molar-refractivity contribution >= 4 is 44.6 Å². The molecule has 190 valence electrons. The molecule has 0 saturated carbocycles. The molecule has 3 aromatic rings. The molecule has 1 amide bonds. The van der Waals surface area contributed by atoms with Crippen molar-refractivity contribution in [3.8, 4) is 5.75 Å². The van der Waals surface area contributed by atoms with E-state index in [9.17, 15) is 22.8 Å². The lowest BCUT2D eigenvalue weighted by Gasteiger charge is -2.25. The summed E-state index contributed by atoms with van der Waals surface area (Å²) in [5.41, 5.74) is 1.34. The van der Waals surface area contributed by atoms with Gasteiger partial charge in [-0.2, -0.15) is 0 Å². The van der Waals surface area contributed by atoms with Crippen LogP contribution in [-0.2, 0) is 24.4 Å². The predicted molar refractivity (Wildman–Crippen MR) is 136 cm³/mol. The van der Waals surface area contributed by atoms with Crippen LogP contribution in [0.5, 0.6) is 5.75 Å². The highest BCUT2D eigenvalue weighted by atomic mass is 32.2. The van der Waals surface area contributed by atoms with E-state index in [1.165, 1.54) is 25.1 Å². The highest BCUT2D eigenvalue weighted by molar-refractivity contribution is 7.89. The number of nitrogens with one attached hydrogen (secondary N) is 2. The molecule has 3 atom stereocenters. The van der Waals surface area contributed by atoms with Gasteiger partial charge < -0.3 is 20.0 Å². The van der Waals surface area contributed by atoms with Crippen molar-refractivity contribution in [3.63, 3.8) is 0 Å². The monoisotopic (exact) mass is 512 g/mol. The summed E-state index contributed by atoms with van der Waals surface area (Å²) in [6.07, 6.45) is -0.987. The first-order valence-electron chi connectivity index (χ1n) is 11.3. The Hall–Kier alpha value is -3.76. The fourth-order valence-corrected chi connectivity index (χ4v) is 5.16. The van der Waals surface area contributed by atoms with Gasteiger partial charge in [0.05, 0.1) is 12.5 Å². The number of fused-ring (bicyclic) bond motifs is 1. The first-order chi connectivity index (χ1) is 17.0. The van der Waals surface area contributed by atoms with Gasteiger partial charge in [-0.25, -0.2) is 13.1 Å². The number of rotatable bonds is 11. The number of carboxylic acids is 1. The molecule has 3 aromatic carbocycles. The SMILES string of the molecule is CC(=O)Nc1ccc(S(=O)(=O)NC(C=O)CC(=O)O)c(O[C@H](C)[C@H](C)c2cccc3ccccc23)c1. The number of ether oxygens (including phenoxy) is 1. The number of carboxylic acid groups (broad SMARTS) is 1. The first kappa shape index (κ1) is 26.8. The van der Waals surface area contributed by atoms with E-state index in [4.69, 9.17) is 9.84 Å². The summed E-state index contributed by atoms with van der Waals surface area (Å²) in [4.78, 5) is 33.5. The van der Waals surface area contributed by atoms with Crippen LogP contribution in [-0.4, -0.2) is 43.8 Å². The number of carbonyl (C=O) groups is 3. The summed E-state index contributed by atoms with van der Waals surface area (Å²) in [6, 6.07) is 16.4. The molecular weight excluding hydrogens is 484 g/mol. The topological polar surface area (TPSA) is 139 Å². The minimum Gasteiger partial charge on any atom is -0.489 e. The molecule has 0 bridgehead atoms. The molecule has 10 heteroatoms. The van der Waals surface area contributed by atoms with Gasteiger partial charge in [-0.1, -0.05) is 49.4 Å². The Morgan fingerprint density at radius 3 is 2.42 bits per heavy atom. The van der Waals surface area contributed by atoms with Gasteiger partial charge in [-0.05, 0) is 35.4 Å². The van der Waals surface area contributed by atoms with Crippen molar-refractivity contribution in [2.75, 3.05) is 5.32 Å². The molecule has 0 aliphatic heterocycles. The molecule has 0 fully saturated rings. The van der Waals surface area contributed by atoms with Gasteiger partial charge in [-0.15, -0.1) is 0 Å². The Balaban J connectivity index is 1.98. The largest absolute Gasteiger partial charge is 0.489 e. The number of aliphatic carboxylic acids is 1. The highest BCUT2D eigenvalue weighted by Gasteiger charge is 2.27. The van der Waals surface area contributed by atoms with E-state index in [-0.39, 0.29) is 28.8 Å². The third kappa shape index (κ3) is 6.46. The summed E-state index contributed by atoms with van der Waals surface area (Å²) in [7, 11) is -4.35. The van der Waals surface area contributed by atoms with Gasteiger partial charge in [-0.3, -0.25) is 9.59 Å². The van der Waals surface area contributed by atoms with Crippen LogP contribution in [0.4, 0.5) is 5.69 Å². The van der Waals surface area contributed by atoms with Crippen molar-refractivity contribution in [3.05, 3.63) is 66.2 Å². The normalized spacial score (nSPS) is 14.0. The van der Waals surface area contributed by atoms with E-state index in [0.717, 1.165) is 16.3 Å².